The molecule has 3 aromatic rings. The van der Waals surface area contributed by atoms with Crippen LogP contribution in [-0.2, 0) is 54.2 Å². The Balaban J connectivity index is 1.57. The Labute approximate surface area is 280 Å². The van der Waals surface area contributed by atoms with E-state index in [1.807, 2.05) is 0 Å². The predicted octanol–water partition coefficient (Wildman–Crippen LogP) is 2.91. The Morgan fingerprint density at radius 2 is 1.80 bits per heavy atom. The van der Waals surface area contributed by atoms with Crippen molar-refractivity contribution < 1.29 is 57.8 Å². The van der Waals surface area contributed by atoms with Crippen molar-refractivity contribution in [3.8, 4) is 0 Å². The molecule has 1 saturated heterocycles. The molecule has 49 heavy (non-hydrogen) atoms. The number of benzene rings is 2. The van der Waals surface area contributed by atoms with E-state index in [0.717, 1.165) is 6.07 Å². The van der Waals surface area contributed by atoms with Gasteiger partial charge in [0.1, 0.15) is 11.6 Å². The van der Waals surface area contributed by atoms with Crippen LogP contribution in [0.5, 0.6) is 0 Å². The lowest BCUT2D eigenvalue weighted by atomic mass is 10.1. The van der Waals surface area contributed by atoms with E-state index in [1.54, 1.807) is 28.3 Å². The number of alkyl halides is 3. The largest absolute Gasteiger partial charge is 0.466 e. The molecule has 1 N–H and O–H groups in total. The second kappa shape index (κ2) is 13.7. The van der Waals surface area contributed by atoms with Gasteiger partial charge in [-0.15, -0.1) is 0 Å². The van der Waals surface area contributed by atoms with Crippen molar-refractivity contribution in [3.05, 3.63) is 65.5 Å². The minimum atomic E-state index is -4.99. The third-order valence-electron chi connectivity index (χ3n) is 8.26. The van der Waals surface area contributed by atoms with Gasteiger partial charge in [-0.05, 0) is 30.7 Å². The Bertz CT molecular complexity index is 2060. The summed E-state index contributed by atoms with van der Waals surface area (Å²) in [6.45, 7) is 0.464. The van der Waals surface area contributed by atoms with Gasteiger partial charge in [-0.2, -0.15) is 25.9 Å². The van der Waals surface area contributed by atoms with Crippen LogP contribution in [0.4, 0.5) is 28.9 Å². The summed E-state index contributed by atoms with van der Waals surface area (Å²) in [5.74, 6) is -2.09. The van der Waals surface area contributed by atoms with Gasteiger partial charge < -0.3 is 19.3 Å². The molecule has 5 rings (SSSR count). The van der Waals surface area contributed by atoms with Gasteiger partial charge in [0.25, 0.3) is 15.9 Å². The standard InChI is InChI=1S/C30H33F4N5O8S2/c1-35-23-9-8-20(49(44,45)37-11-13-47-14-12-37)16-25(23)39(19-29(40)46-3)28(35)7-4-6-27-36(2)24-18-22(31)21(30(32,33)34)17-26(24)38(27)10-5-15-48(41,42)43/h4,6-9,16-18H,5,10-15,19H2,1-3H3/p+1. The Hall–Kier alpha value is -4.04. The second-order valence-corrected chi connectivity index (χ2v) is 14.8. The predicted molar refractivity (Wildman–Crippen MR) is 170 cm³/mol. The highest BCUT2D eigenvalue weighted by molar-refractivity contribution is 7.89. The molecule has 2 aliphatic rings. The summed E-state index contributed by atoms with van der Waals surface area (Å²) in [7, 11) is -3.85. The van der Waals surface area contributed by atoms with E-state index >= 15 is 0 Å². The van der Waals surface area contributed by atoms with Gasteiger partial charge in [0.15, 0.2) is 17.6 Å². The number of allylic oxidation sites excluding steroid dienone is 2. The molecule has 1 aromatic heterocycles. The number of anilines is 2. The van der Waals surface area contributed by atoms with E-state index in [2.05, 4.69) is 0 Å². The van der Waals surface area contributed by atoms with Crippen LogP contribution in [0.2, 0.25) is 0 Å². The number of carbonyl (C=O) groups is 1. The molecular weight excluding hydrogens is 698 g/mol. The number of carbonyl (C=O) groups excluding carboxylic acids is 1. The topological polar surface area (TPSA) is 143 Å². The van der Waals surface area contributed by atoms with Crippen molar-refractivity contribution in [2.75, 3.05) is 62.6 Å². The number of nitrogens with zero attached hydrogens (tertiary/aromatic N) is 5. The number of sulfonamides is 1. The highest BCUT2D eigenvalue weighted by Crippen LogP contribution is 2.45. The van der Waals surface area contributed by atoms with Gasteiger partial charge in [0.2, 0.25) is 10.0 Å². The first-order valence-corrected chi connectivity index (χ1v) is 17.9. The van der Waals surface area contributed by atoms with Gasteiger partial charge in [-0.25, -0.2) is 26.7 Å². The highest BCUT2D eigenvalue weighted by Gasteiger charge is 2.39. The molecule has 3 heterocycles. The van der Waals surface area contributed by atoms with Crippen LogP contribution in [0.15, 0.2) is 53.2 Å². The zero-order chi connectivity index (χ0) is 35.9. The summed E-state index contributed by atoms with van der Waals surface area (Å²) in [4.78, 5) is 15.3. The fourth-order valence-electron chi connectivity index (χ4n) is 5.83. The van der Waals surface area contributed by atoms with E-state index < -0.39 is 49.4 Å². The summed E-state index contributed by atoms with van der Waals surface area (Å²) in [5, 5.41) is 0. The maximum Gasteiger partial charge on any atom is 0.419 e. The lowest BCUT2D eigenvalue weighted by Gasteiger charge is -2.25. The zero-order valence-corrected chi connectivity index (χ0v) is 28.3. The van der Waals surface area contributed by atoms with Crippen molar-refractivity contribution in [1.82, 2.24) is 8.87 Å². The summed E-state index contributed by atoms with van der Waals surface area (Å²) < 4.78 is 129. The first kappa shape index (κ1) is 36.2. The Kier molecular flexibility index (Phi) is 10.1. The number of aryl methyl sites for hydroxylation is 1. The van der Waals surface area contributed by atoms with Gasteiger partial charge >= 0.3 is 12.1 Å². The summed E-state index contributed by atoms with van der Waals surface area (Å²) in [5.41, 5.74) is -0.445. The number of methoxy groups -OCH3 is 1. The lowest BCUT2D eigenvalue weighted by molar-refractivity contribution is -0.647. The van der Waals surface area contributed by atoms with E-state index in [1.165, 1.54) is 52.5 Å². The summed E-state index contributed by atoms with van der Waals surface area (Å²) >= 11 is 0. The minimum absolute atomic E-state index is 0.0140. The molecule has 0 unspecified atom stereocenters. The van der Waals surface area contributed by atoms with E-state index in [0.29, 0.717) is 22.9 Å². The quantitative estimate of drug-likeness (QED) is 0.143. The highest BCUT2D eigenvalue weighted by atomic mass is 32.2. The van der Waals surface area contributed by atoms with Crippen LogP contribution in [0, 0.1) is 5.82 Å². The molecule has 0 spiro atoms. The molecule has 13 nitrogen and oxygen atoms in total. The zero-order valence-electron chi connectivity index (χ0n) is 26.6. The maximum atomic E-state index is 14.6. The molecule has 0 amide bonds. The molecule has 1 fully saturated rings. The van der Waals surface area contributed by atoms with E-state index in [4.69, 9.17) is 9.47 Å². The molecule has 0 radical (unpaired) electrons. The first-order valence-electron chi connectivity index (χ1n) is 14.9. The van der Waals surface area contributed by atoms with Crippen molar-refractivity contribution in [3.63, 3.8) is 0 Å². The van der Waals surface area contributed by atoms with Crippen LogP contribution < -0.4 is 14.4 Å². The van der Waals surface area contributed by atoms with Gasteiger partial charge in [-0.3, -0.25) is 4.55 Å². The number of aromatic nitrogens is 2. The normalized spacial score (nSPS) is 17.1. The van der Waals surface area contributed by atoms with E-state index in [9.17, 15) is 43.7 Å². The average Bonchev–Trinajstić information content (AvgIpc) is 3.44. The van der Waals surface area contributed by atoms with Crippen LogP contribution in [0.1, 0.15) is 17.8 Å². The third-order valence-corrected chi connectivity index (χ3v) is 11.0. The lowest BCUT2D eigenvalue weighted by Crippen LogP contribution is -2.40. The van der Waals surface area contributed by atoms with Gasteiger partial charge in [-0.1, -0.05) is 6.08 Å². The third kappa shape index (κ3) is 7.45. The molecular formula is C30H34F4N5O8S2+. The molecule has 0 atom stereocenters. The number of hydrogen-bond acceptors (Lipinski definition) is 9. The number of hydrogen-bond donors (Lipinski definition) is 1. The molecule has 266 valence electrons. The van der Waals surface area contributed by atoms with Crippen molar-refractivity contribution in [1.29, 1.82) is 0 Å². The molecule has 0 bridgehead atoms. The Morgan fingerprint density at radius 1 is 1.10 bits per heavy atom. The van der Waals surface area contributed by atoms with Crippen molar-refractivity contribution in [2.45, 2.75) is 24.0 Å². The van der Waals surface area contributed by atoms with Gasteiger partial charge in [0.05, 0.1) is 55.0 Å². The van der Waals surface area contributed by atoms with Crippen LogP contribution >= 0.6 is 0 Å². The number of morpholine rings is 1. The average molecular weight is 733 g/mol. The van der Waals surface area contributed by atoms with Crippen LogP contribution in [-0.4, -0.2) is 89.0 Å². The van der Waals surface area contributed by atoms with Crippen LogP contribution in [0.25, 0.3) is 17.1 Å². The number of rotatable bonds is 10. The second-order valence-electron chi connectivity index (χ2n) is 11.3. The smallest absolute Gasteiger partial charge is 0.419 e. The molecule has 0 saturated carbocycles. The summed E-state index contributed by atoms with van der Waals surface area (Å²) in [6.07, 6.45) is -0.534. The molecule has 19 heteroatoms. The molecule has 2 aliphatic heterocycles. The first-order chi connectivity index (χ1) is 22.9. The number of imidazole rings is 1. The minimum Gasteiger partial charge on any atom is -0.466 e. The maximum absolute atomic E-state index is 14.6. The number of esters is 1. The number of halogens is 4. The summed E-state index contributed by atoms with van der Waals surface area (Å²) in [6, 6.07) is 5.93. The fraction of sp³-hybridized carbons (Fsp3) is 0.400. The van der Waals surface area contributed by atoms with Crippen molar-refractivity contribution >= 4 is 54.6 Å². The Morgan fingerprint density at radius 3 is 2.43 bits per heavy atom. The number of ether oxygens (including phenoxy) is 2. The monoisotopic (exact) mass is 732 g/mol. The SMILES string of the molecule is COC(=O)Cn1c(/C=C/C=C2\N(C)c3cc(F)c(C(F)(F)F)cc3N2CCCS(=O)(=O)O)[n+](C)c2ccc(S(=O)(=O)N3CCOCC3)cc21. The fourth-order valence-corrected chi connectivity index (χ4v) is 7.75. The molecule has 2 aromatic carbocycles. The van der Waals surface area contributed by atoms with Crippen molar-refractivity contribution in [2.24, 2.45) is 7.05 Å². The van der Waals surface area contributed by atoms with Gasteiger partial charge in [0, 0.05) is 44.9 Å². The van der Waals surface area contributed by atoms with Crippen LogP contribution in [0.3, 0.4) is 0 Å². The number of fused-ring (bicyclic) bond motifs is 2. The molecule has 0 aliphatic carbocycles. The van der Waals surface area contributed by atoms with E-state index in [-0.39, 0.29) is 67.9 Å².